The summed E-state index contributed by atoms with van der Waals surface area (Å²) in [5.74, 6) is 2.02. The Labute approximate surface area is 129 Å². The van der Waals surface area contributed by atoms with E-state index in [1.807, 2.05) is 11.8 Å². The number of hydrogen-bond acceptors (Lipinski definition) is 2. The van der Waals surface area contributed by atoms with E-state index in [1.165, 1.54) is 25.7 Å². The average Bonchev–Trinajstić information content (AvgIpc) is 2.47. The third kappa shape index (κ3) is 5.17. The molecule has 1 aliphatic heterocycles. The molecule has 0 aromatic rings. The van der Waals surface area contributed by atoms with Gasteiger partial charge in [-0.2, -0.15) is 0 Å². The van der Waals surface area contributed by atoms with Crippen LogP contribution >= 0.6 is 0 Å². The Balaban J connectivity index is 1.61. The van der Waals surface area contributed by atoms with Crippen LogP contribution in [0.15, 0.2) is 0 Å². The molecule has 2 amide bonds. The third-order valence-electron chi connectivity index (χ3n) is 5.38. The van der Waals surface area contributed by atoms with E-state index >= 15 is 0 Å². The van der Waals surface area contributed by atoms with Crippen LogP contribution in [0.2, 0.25) is 0 Å². The Kier molecular flexibility index (Phi) is 6.34. The second kappa shape index (κ2) is 8.02. The van der Waals surface area contributed by atoms with E-state index in [2.05, 4.69) is 12.2 Å². The maximum atomic E-state index is 12.1. The summed E-state index contributed by atoms with van der Waals surface area (Å²) in [4.78, 5) is 14.0. The summed E-state index contributed by atoms with van der Waals surface area (Å²) in [6.07, 6.45) is 8.11. The number of nitrogens with zero attached hydrogens (tertiary/aromatic N) is 1. The van der Waals surface area contributed by atoms with E-state index in [1.54, 1.807) is 0 Å². The van der Waals surface area contributed by atoms with Crippen LogP contribution in [0.1, 0.15) is 58.8 Å². The second-order valence-electron chi connectivity index (χ2n) is 7.22. The van der Waals surface area contributed by atoms with Gasteiger partial charge in [0.2, 0.25) is 0 Å². The van der Waals surface area contributed by atoms with Crippen molar-refractivity contribution in [2.24, 2.45) is 17.8 Å². The van der Waals surface area contributed by atoms with Gasteiger partial charge in [0, 0.05) is 19.6 Å². The summed E-state index contributed by atoms with van der Waals surface area (Å²) in [5.41, 5.74) is 0. The van der Waals surface area contributed by atoms with Gasteiger partial charge in [-0.05, 0) is 50.4 Å². The van der Waals surface area contributed by atoms with Crippen molar-refractivity contribution in [3.8, 4) is 0 Å². The fraction of sp³-hybridized carbons (Fsp3) is 0.941. The van der Waals surface area contributed by atoms with Gasteiger partial charge in [-0.25, -0.2) is 4.79 Å². The number of carbonyl (C=O) groups excluding carboxylic acids is 1. The summed E-state index contributed by atoms with van der Waals surface area (Å²) < 4.78 is 0. The predicted molar refractivity (Wildman–Crippen MR) is 85.1 cm³/mol. The van der Waals surface area contributed by atoms with Gasteiger partial charge in [-0.3, -0.25) is 0 Å². The lowest BCUT2D eigenvalue weighted by atomic mass is 9.81. The van der Waals surface area contributed by atoms with Crippen molar-refractivity contribution in [2.45, 2.75) is 64.9 Å². The zero-order valence-corrected chi connectivity index (χ0v) is 13.7. The third-order valence-corrected chi connectivity index (χ3v) is 5.38. The molecule has 1 heterocycles. The maximum absolute atomic E-state index is 12.1. The smallest absolute Gasteiger partial charge is 0.317 e. The molecule has 1 saturated carbocycles. The number of aliphatic hydroxyl groups is 1. The lowest BCUT2D eigenvalue weighted by Crippen LogP contribution is -2.46. The van der Waals surface area contributed by atoms with Gasteiger partial charge >= 0.3 is 6.03 Å². The minimum Gasteiger partial charge on any atom is -0.393 e. The second-order valence-corrected chi connectivity index (χ2v) is 7.22. The molecule has 2 N–H and O–H groups in total. The fourth-order valence-corrected chi connectivity index (χ4v) is 3.90. The molecule has 1 saturated heterocycles. The minimum atomic E-state index is -0.247. The Morgan fingerprint density at radius 1 is 1.29 bits per heavy atom. The monoisotopic (exact) mass is 296 g/mol. The highest BCUT2D eigenvalue weighted by molar-refractivity contribution is 5.74. The summed E-state index contributed by atoms with van der Waals surface area (Å²) >= 11 is 0. The van der Waals surface area contributed by atoms with Crippen molar-refractivity contribution in [3.63, 3.8) is 0 Å². The van der Waals surface area contributed by atoms with Gasteiger partial charge in [-0.15, -0.1) is 0 Å². The number of aliphatic hydroxyl groups excluding tert-OH is 1. The number of rotatable bonds is 4. The van der Waals surface area contributed by atoms with Crippen LogP contribution in [0.3, 0.4) is 0 Å². The summed E-state index contributed by atoms with van der Waals surface area (Å²) in [7, 11) is 0. The number of nitrogens with one attached hydrogen (secondary N) is 1. The van der Waals surface area contributed by atoms with Crippen LogP contribution < -0.4 is 5.32 Å². The van der Waals surface area contributed by atoms with Crippen molar-refractivity contribution in [3.05, 3.63) is 0 Å². The van der Waals surface area contributed by atoms with E-state index in [-0.39, 0.29) is 12.1 Å². The summed E-state index contributed by atoms with van der Waals surface area (Å²) in [6, 6.07) is 0.0860. The van der Waals surface area contributed by atoms with Crippen LogP contribution in [0.5, 0.6) is 0 Å². The molecule has 0 radical (unpaired) electrons. The lowest BCUT2D eigenvalue weighted by molar-refractivity contribution is 0.0797. The van der Waals surface area contributed by atoms with Crippen LogP contribution in [0.4, 0.5) is 4.79 Å². The van der Waals surface area contributed by atoms with Crippen molar-refractivity contribution in [1.29, 1.82) is 0 Å². The van der Waals surface area contributed by atoms with Crippen molar-refractivity contribution in [2.75, 3.05) is 19.6 Å². The predicted octanol–water partition coefficient (Wildman–Crippen LogP) is 3.01. The molecule has 4 heteroatoms. The van der Waals surface area contributed by atoms with Crippen molar-refractivity contribution >= 4 is 6.03 Å². The molecule has 3 unspecified atom stereocenters. The number of piperidine rings is 1. The molecule has 2 rings (SSSR count). The molecule has 122 valence electrons. The standard InChI is InChI=1S/C17H32N2O2/c1-13-4-3-5-15(12-13)6-9-18-17(21)19-10-7-16(8-11-19)14(2)20/h13-16,20H,3-12H2,1-2H3,(H,18,21). The number of urea groups is 1. The van der Waals surface area contributed by atoms with E-state index in [0.29, 0.717) is 5.92 Å². The quantitative estimate of drug-likeness (QED) is 0.838. The van der Waals surface area contributed by atoms with Gasteiger partial charge in [-0.1, -0.05) is 26.2 Å². The highest BCUT2D eigenvalue weighted by atomic mass is 16.3. The summed E-state index contributed by atoms with van der Waals surface area (Å²) in [5, 5.41) is 12.7. The lowest BCUT2D eigenvalue weighted by Gasteiger charge is -2.33. The first-order valence-corrected chi connectivity index (χ1v) is 8.77. The molecule has 2 fully saturated rings. The Hall–Kier alpha value is -0.770. The number of likely N-dealkylation sites (tertiary alicyclic amines) is 1. The first-order valence-electron chi connectivity index (χ1n) is 8.77. The molecule has 0 aromatic carbocycles. The van der Waals surface area contributed by atoms with Crippen molar-refractivity contribution in [1.82, 2.24) is 10.2 Å². The van der Waals surface area contributed by atoms with Gasteiger partial charge in [0.1, 0.15) is 0 Å². The zero-order chi connectivity index (χ0) is 15.2. The Bertz CT molecular complexity index is 325. The first kappa shape index (κ1) is 16.6. The molecular weight excluding hydrogens is 264 g/mol. The highest BCUT2D eigenvalue weighted by Crippen LogP contribution is 2.30. The number of hydrogen-bond donors (Lipinski definition) is 2. The molecule has 21 heavy (non-hydrogen) atoms. The van der Waals surface area contributed by atoms with Crippen LogP contribution in [-0.4, -0.2) is 41.8 Å². The van der Waals surface area contributed by atoms with E-state index in [4.69, 9.17) is 0 Å². The van der Waals surface area contributed by atoms with E-state index in [0.717, 1.165) is 50.7 Å². The number of amides is 2. The highest BCUT2D eigenvalue weighted by Gasteiger charge is 2.25. The zero-order valence-electron chi connectivity index (χ0n) is 13.7. The van der Waals surface area contributed by atoms with Gasteiger partial charge in [0.15, 0.2) is 0 Å². The molecule has 4 nitrogen and oxygen atoms in total. The normalized spacial score (nSPS) is 29.2. The Morgan fingerprint density at radius 3 is 2.62 bits per heavy atom. The first-order chi connectivity index (χ1) is 10.1. The van der Waals surface area contributed by atoms with Gasteiger partial charge in [0.05, 0.1) is 6.10 Å². The maximum Gasteiger partial charge on any atom is 0.317 e. The molecule has 3 atom stereocenters. The fourth-order valence-electron chi connectivity index (χ4n) is 3.90. The van der Waals surface area contributed by atoms with Gasteiger partial charge in [0.25, 0.3) is 0 Å². The molecule has 1 aliphatic carbocycles. The largest absolute Gasteiger partial charge is 0.393 e. The van der Waals surface area contributed by atoms with Gasteiger partial charge < -0.3 is 15.3 Å². The summed E-state index contributed by atoms with van der Waals surface area (Å²) in [6.45, 7) is 6.57. The average molecular weight is 296 g/mol. The minimum absolute atomic E-state index is 0.0860. The topological polar surface area (TPSA) is 52.6 Å². The Morgan fingerprint density at radius 2 is 2.00 bits per heavy atom. The molecule has 0 aromatic heterocycles. The molecule has 2 aliphatic rings. The van der Waals surface area contributed by atoms with Crippen molar-refractivity contribution < 1.29 is 9.90 Å². The van der Waals surface area contributed by atoms with Crippen LogP contribution in [-0.2, 0) is 0 Å². The SMILES string of the molecule is CC1CCCC(CCNC(=O)N2CCC(C(C)O)CC2)C1. The van der Waals surface area contributed by atoms with Crippen LogP contribution in [0.25, 0.3) is 0 Å². The van der Waals surface area contributed by atoms with Crippen LogP contribution in [0, 0.1) is 17.8 Å². The molecular formula is C17H32N2O2. The van der Waals surface area contributed by atoms with E-state index < -0.39 is 0 Å². The number of carbonyl (C=O) groups is 1. The van der Waals surface area contributed by atoms with E-state index in [9.17, 15) is 9.90 Å². The molecule has 0 spiro atoms. The molecule has 0 bridgehead atoms.